The maximum absolute atomic E-state index is 12.7. The number of carbonyl (C=O) groups is 2. The molecule has 4 N–H and O–H groups in total. The molecule has 57 heavy (non-hydrogen) atoms. The van der Waals surface area contributed by atoms with Crippen LogP contribution in [0.3, 0.4) is 0 Å². The monoisotopic (exact) mass is 799 g/mol. The summed E-state index contributed by atoms with van der Waals surface area (Å²) in [5.74, 6) is -0.896. The molecule has 0 aromatic carbocycles. The first kappa shape index (κ1) is 51.6. The van der Waals surface area contributed by atoms with Crippen LogP contribution < -0.4 is 0 Å². The third-order valence-corrected chi connectivity index (χ3v) is 8.96. The average molecular weight is 799 g/mol. The van der Waals surface area contributed by atoms with Gasteiger partial charge < -0.3 is 39.4 Å². The first-order valence-corrected chi connectivity index (χ1v) is 21.3. The van der Waals surface area contributed by atoms with Crippen molar-refractivity contribution < 1.29 is 49.0 Å². The van der Waals surface area contributed by atoms with Gasteiger partial charge in [-0.1, -0.05) is 124 Å². The highest BCUT2D eigenvalue weighted by Gasteiger charge is 2.44. The Bertz CT molecular complexity index is 1240. The van der Waals surface area contributed by atoms with Gasteiger partial charge in [0.25, 0.3) is 0 Å². The van der Waals surface area contributed by atoms with E-state index in [2.05, 4.69) is 111 Å². The Hall–Kier alpha value is -3.38. The molecule has 322 valence electrons. The predicted octanol–water partition coefficient (Wildman–Crippen LogP) is 8.77. The molecule has 0 radical (unpaired) electrons. The maximum Gasteiger partial charge on any atom is 0.306 e. The van der Waals surface area contributed by atoms with Crippen molar-refractivity contribution in [2.75, 3.05) is 19.8 Å². The summed E-state index contributed by atoms with van der Waals surface area (Å²) in [5.41, 5.74) is 0. The third kappa shape index (κ3) is 28.6. The van der Waals surface area contributed by atoms with E-state index in [4.69, 9.17) is 18.9 Å². The molecule has 10 nitrogen and oxygen atoms in total. The van der Waals surface area contributed by atoms with Gasteiger partial charge in [0.05, 0.1) is 13.2 Å². The summed E-state index contributed by atoms with van der Waals surface area (Å²) < 4.78 is 22.1. The molecule has 1 aliphatic heterocycles. The lowest BCUT2D eigenvalue weighted by Gasteiger charge is -2.39. The zero-order valence-corrected chi connectivity index (χ0v) is 34.8. The normalized spacial score (nSPS) is 21.3. The highest BCUT2D eigenvalue weighted by Crippen LogP contribution is 2.22. The van der Waals surface area contributed by atoms with Gasteiger partial charge in [0, 0.05) is 12.8 Å². The standard InChI is InChI=1S/C47H74O10/c1-3-5-7-9-11-13-15-17-19-20-22-23-25-27-29-31-33-35-42(49)54-38-40(39-55-47-46(53)45(52)44(51)41(37-48)57-47)56-43(50)36-34-32-30-28-26-24-21-18-16-14-12-10-8-6-4-2/h5-8,11-14,17-19,21-23,26,28,40-41,44-48,51-53H,3-4,9-10,15-16,20,24-25,27,29-39H2,1-2H3/b7-5-,8-6-,13-11-,14-12-,19-17-,21-18-,23-22-,28-26-/t40-,41?,44+,45-,46-,47-/m1/s1. The topological polar surface area (TPSA) is 152 Å². The molecule has 10 heteroatoms. The SMILES string of the molecule is CC/C=C\C/C=C\C/C=C\C/C=C\CCCCCCC(=O)OC[C@H](CO[C@@H]1OC(CO)[C@H](O)[C@@H](O)[C@H]1O)OC(=O)CCCC/C=C\C/C=C\C/C=C\C/C=C\CC. The predicted molar refractivity (Wildman–Crippen MR) is 228 cm³/mol. The van der Waals surface area contributed by atoms with Crippen molar-refractivity contribution >= 4 is 11.9 Å². The van der Waals surface area contributed by atoms with Crippen LogP contribution in [0.4, 0.5) is 0 Å². The van der Waals surface area contributed by atoms with E-state index in [0.29, 0.717) is 12.8 Å². The zero-order valence-electron chi connectivity index (χ0n) is 34.8. The van der Waals surface area contributed by atoms with E-state index in [-0.39, 0.29) is 26.1 Å². The van der Waals surface area contributed by atoms with E-state index in [1.54, 1.807) is 0 Å². The molecule has 0 aromatic rings. The van der Waals surface area contributed by atoms with Crippen LogP contribution in [-0.4, -0.2) is 89.0 Å². The minimum Gasteiger partial charge on any atom is -0.462 e. The van der Waals surface area contributed by atoms with Crippen LogP contribution in [-0.2, 0) is 28.5 Å². The Morgan fingerprint density at radius 2 is 0.982 bits per heavy atom. The van der Waals surface area contributed by atoms with Crippen LogP contribution in [0.25, 0.3) is 0 Å². The Balaban J connectivity index is 2.41. The first-order valence-electron chi connectivity index (χ1n) is 21.3. The Morgan fingerprint density at radius 1 is 0.544 bits per heavy atom. The van der Waals surface area contributed by atoms with Crippen molar-refractivity contribution in [2.45, 2.75) is 166 Å². The van der Waals surface area contributed by atoms with Crippen LogP contribution in [0, 0.1) is 0 Å². The second-order valence-electron chi connectivity index (χ2n) is 14.0. The molecule has 1 fully saturated rings. The largest absolute Gasteiger partial charge is 0.462 e. The number of esters is 2. The van der Waals surface area contributed by atoms with Gasteiger partial charge in [0.15, 0.2) is 12.4 Å². The van der Waals surface area contributed by atoms with Crippen LogP contribution >= 0.6 is 0 Å². The fourth-order valence-corrected chi connectivity index (χ4v) is 5.64. The number of carbonyl (C=O) groups excluding carboxylic acids is 2. The van der Waals surface area contributed by atoms with Gasteiger partial charge in [-0.25, -0.2) is 0 Å². The molecule has 1 aliphatic rings. The van der Waals surface area contributed by atoms with E-state index in [0.717, 1.165) is 89.9 Å². The molecule has 0 amide bonds. The van der Waals surface area contributed by atoms with Crippen LogP contribution in [0.1, 0.15) is 129 Å². The summed E-state index contributed by atoms with van der Waals surface area (Å²) in [4.78, 5) is 25.3. The number of unbranched alkanes of at least 4 members (excludes halogenated alkanes) is 6. The molecular weight excluding hydrogens is 725 g/mol. The second-order valence-corrected chi connectivity index (χ2v) is 14.0. The van der Waals surface area contributed by atoms with Gasteiger partial charge in [0.1, 0.15) is 31.0 Å². The van der Waals surface area contributed by atoms with Gasteiger partial charge in [-0.2, -0.15) is 0 Å². The number of aliphatic hydroxyl groups is 4. The summed E-state index contributed by atoms with van der Waals surface area (Å²) in [7, 11) is 0. The smallest absolute Gasteiger partial charge is 0.306 e. The van der Waals surface area contributed by atoms with Crippen LogP contribution in [0.5, 0.6) is 0 Å². The van der Waals surface area contributed by atoms with E-state index in [1.807, 2.05) is 0 Å². The van der Waals surface area contributed by atoms with Crippen molar-refractivity contribution in [1.82, 2.24) is 0 Å². The molecule has 1 heterocycles. The van der Waals surface area contributed by atoms with E-state index < -0.39 is 55.4 Å². The molecule has 0 saturated carbocycles. The van der Waals surface area contributed by atoms with Crippen LogP contribution in [0.2, 0.25) is 0 Å². The number of hydrogen-bond acceptors (Lipinski definition) is 10. The Kier molecular flexibility index (Phi) is 33.5. The highest BCUT2D eigenvalue weighted by molar-refractivity contribution is 5.70. The molecule has 1 rings (SSSR count). The van der Waals surface area contributed by atoms with E-state index in [9.17, 15) is 30.0 Å². The summed E-state index contributed by atoms with van der Waals surface area (Å²) in [6.45, 7) is 3.09. The summed E-state index contributed by atoms with van der Waals surface area (Å²) in [6, 6.07) is 0. The van der Waals surface area contributed by atoms with Crippen molar-refractivity contribution in [1.29, 1.82) is 0 Å². The molecular formula is C47H74O10. The van der Waals surface area contributed by atoms with Crippen molar-refractivity contribution in [3.8, 4) is 0 Å². The maximum atomic E-state index is 12.7. The number of rotatable bonds is 33. The Morgan fingerprint density at radius 3 is 1.49 bits per heavy atom. The number of allylic oxidation sites excluding steroid dienone is 16. The third-order valence-electron chi connectivity index (χ3n) is 8.96. The van der Waals surface area contributed by atoms with Gasteiger partial charge in [-0.05, 0) is 89.9 Å². The number of ether oxygens (including phenoxy) is 4. The summed E-state index contributed by atoms with van der Waals surface area (Å²) in [5, 5.41) is 40.0. The molecule has 6 atom stereocenters. The van der Waals surface area contributed by atoms with E-state index >= 15 is 0 Å². The van der Waals surface area contributed by atoms with Gasteiger partial charge in [-0.3, -0.25) is 9.59 Å². The fraction of sp³-hybridized carbons (Fsp3) is 0.617. The number of aliphatic hydroxyl groups excluding tert-OH is 4. The highest BCUT2D eigenvalue weighted by atomic mass is 16.7. The molecule has 1 saturated heterocycles. The summed E-state index contributed by atoms with van der Waals surface area (Å²) >= 11 is 0. The first-order chi connectivity index (χ1) is 27.8. The van der Waals surface area contributed by atoms with E-state index in [1.165, 1.54) is 0 Å². The average Bonchev–Trinajstić information content (AvgIpc) is 3.21. The minimum absolute atomic E-state index is 0.166. The van der Waals surface area contributed by atoms with Gasteiger partial charge in [0.2, 0.25) is 0 Å². The van der Waals surface area contributed by atoms with Crippen molar-refractivity contribution in [3.63, 3.8) is 0 Å². The van der Waals surface area contributed by atoms with Crippen LogP contribution in [0.15, 0.2) is 97.2 Å². The second kappa shape index (κ2) is 36.9. The van der Waals surface area contributed by atoms with Gasteiger partial charge in [-0.15, -0.1) is 0 Å². The van der Waals surface area contributed by atoms with Crippen molar-refractivity contribution in [2.24, 2.45) is 0 Å². The molecule has 0 aromatic heterocycles. The quantitative estimate of drug-likeness (QED) is 0.0288. The van der Waals surface area contributed by atoms with Crippen molar-refractivity contribution in [3.05, 3.63) is 97.2 Å². The lowest BCUT2D eigenvalue weighted by molar-refractivity contribution is -0.305. The zero-order chi connectivity index (χ0) is 41.6. The number of hydrogen-bond donors (Lipinski definition) is 4. The fourth-order valence-electron chi connectivity index (χ4n) is 5.64. The summed E-state index contributed by atoms with van der Waals surface area (Å²) in [6.07, 6.45) is 41.3. The molecule has 1 unspecified atom stereocenters. The molecule has 0 aliphatic carbocycles. The Labute approximate surface area is 343 Å². The lowest BCUT2D eigenvalue weighted by atomic mass is 9.99. The molecule has 0 bridgehead atoms. The van der Waals surface area contributed by atoms with Gasteiger partial charge >= 0.3 is 11.9 Å². The lowest BCUT2D eigenvalue weighted by Crippen LogP contribution is -2.59. The minimum atomic E-state index is -1.61. The molecule has 0 spiro atoms.